The SMILES string of the molecule is O=C1c2ccc(F)cc2NC2CCCC12. The maximum absolute atomic E-state index is 13.0. The second-order valence-corrected chi connectivity index (χ2v) is 4.34. The molecular weight excluding hydrogens is 193 g/mol. The number of ketones is 1. The lowest BCUT2D eigenvalue weighted by Gasteiger charge is -2.28. The lowest BCUT2D eigenvalue weighted by Crippen LogP contribution is -2.35. The molecule has 0 aromatic heterocycles. The molecule has 1 heterocycles. The van der Waals surface area contributed by atoms with Crippen molar-refractivity contribution in [2.24, 2.45) is 5.92 Å². The molecule has 1 saturated carbocycles. The maximum Gasteiger partial charge on any atom is 0.170 e. The third-order valence-electron chi connectivity index (χ3n) is 3.44. The van der Waals surface area contributed by atoms with Gasteiger partial charge in [0.15, 0.2) is 5.78 Å². The Hall–Kier alpha value is -1.38. The Morgan fingerprint density at radius 3 is 3.07 bits per heavy atom. The molecule has 0 bridgehead atoms. The van der Waals surface area contributed by atoms with Gasteiger partial charge in [-0.25, -0.2) is 4.39 Å². The molecule has 1 fully saturated rings. The highest BCUT2D eigenvalue weighted by Gasteiger charge is 2.38. The fraction of sp³-hybridized carbons (Fsp3) is 0.417. The molecule has 1 aromatic rings. The number of carbonyl (C=O) groups excluding carboxylic acids is 1. The Morgan fingerprint density at radius 2 is 2.20 bits per heavy atom. The highest BCUT2D eigenvalue weighted by molar-refractivity contribution is 6.05. The monoisotopic (exact) mass is 205 g/mol. The van der Waals surface area contributed by atoms with Crippen LogP contribution in [0.15, 0.2) is 18.2 Å². The van der Waals surface area contributed by atoms with E-state index in [1.807, 2.05) is 0 Å². The van der Waals surface area contributed by atoms with E-state index in [-0.39, 0.29) is 23.6 Å². The van der Waals surface area contributed by atoms with Crippen LogP contribution in [0.25, 0.3) is 0 Å². The number of carbonyl (C=O) groups is 1. The predicted octanol–water partition coefficient (Wildman–Crippen LogP) is 2.60. The number of hydrogen-bond donors (Lipinski definition) is 1. The molecule has 3 rings (SSSR count). The van der Waals surface area contributed by atoms with Crippen LogP contribution in [-0.2, 0) is 0 Å². The minimum atomic E-state index is -0.287. The van der Waals surface area contributed by atoms with Crippen LogP contribution in [0.2, 0.25) is 0 Å². The number of rotatable bonds is 0. The van der Waals surface area contributed by atoms with Crippen molar-refractivity contribution in [3.8, 4) is 0 Å². The van der Waals surface area contributed by atoms with Crippen LogP contribution in [0.5, 0.6) is 0 Å². The molecule has 2 aliphatic rings. The zero-order valence-corrected chi connectivity index (χ0v) is 8.29. The summed E-state index contributed by atoms with van der Waals surface area (Å²) in [5.74, 6) is 0.0136. The fourth-order valence-electron chi connectivity index (χ4n) is 2.70. The number of anilines is 1. The molecule has 1 N–H and O–H groups in total. The number of nitrogens with one attached hydrogen (secondary N) is 1. The van der Waals surface area contributed by atoms with Crippen LogP contribution in [0.3, 0.4) is 0 Å². The van der Waals surface area contributed by atoms with E-state index in [9.17, 15) is 9.18 Å². The summed E-state index contributed by atoms with van der Waals surface area (Å²) < 4.78 is 13.0. The lowest BCUT2D eigenvalue weighted by molar-refractivity contribution is 0.0911. The molecule has 1 aromatic carbocycles. The molecule has 1 aliphatic carbocycles. The van der Waals surface area contributed by atoms with Gasteiger partial charge in [0, 0.05) is 23.2 Å². The average Bonchev–Trinajstić information content (AvgIpc) is 2.65. The zero-order chi connectivity index (χ0) is 10.4. The smallest absolute Gasteiger partial charge is 0.170 e. The van der Waals surface area contributed by atoms with Gasteiger partial charge in [-0.2, -0.15) is 0 Å². The van der Waals surface area contributed by atoms with Gasteiger partial charge in [0.2, 0.25) is 0 Å². The second-order valence-electron chi connectivity index (χ2n) is 4.34. The predicted molar refractivity (Wildman–Crippen MR) is 55.5 cm³/mol. The molecule has 2 unspecified atom stereocenters. The van der Waals surface area contributed by atoms with Crippen LogP contribution in [-0.4, -0.2) is 11.8 Å². The number of hydrogen-bond acceptors (Lipinski definition) is 2. The molecule has 0 saturated heterocycles. The van der Waals surface area contributed by atoms with Gasteiger partial charge in [0.25, 0.3) is 0 Å². The maximum atomic E-state index is 13.0. The van der Waals surface area contributed by atoms with Crippen molar-refractivity contribution in [1.29, 1.82) is 0 Å². The van der Waals surface area contributed by atoms with E-state index in [2.05, 4.69) is 5.32 Å². The minimum Gasteiger partial charge on any atom is -0.381 e. The summed E-state index contributed by atoms with van der Waals surface area (Å²) in [6.45, 7) is 0. The van der Waals surface area contributed by atoms with Gasteiger partial charge in [0.05, 0.1) is 0 Å². The van der Waals surface area contributed by atoms with Gasteiger partial charge in [-0.05, 0) is 31.0 Å². The van der Waals surface area contributed by atoms with Crippen LogP contribution in [0.4, 0.5) is 10.1 Å². The zero-order valence-electron chi connectivity index (χ0n) is 8.29. The van der Waals surface area contributed by atoms with Gasteiger partial charge in [-0.3, -0.25) is 4.79 Å². The molecule has 15 heavy (non-hydrogen) atoms. The van der Waals surface area contributed by atoms with E-state index in [1.165, 1.54) is 12.1 Å². The van der Waals surface area contributed by atoms with Gasteiger partial charge in [0.1, 0.15) is 5.82 Å². The van der Waals surface area contributed by atoms with Crippen molar-refractivity contribution >= 4 is 11.5 Å². The van der Waals surface area contributed by atoms with Crippen molar-refractivity contribution in [1.82, 2.24) is 0 Å². The van der Waals surface area contributed by atoms with E-state index < -0.39 is 0 Å². The topological polar surface area (TPSA) is 29.1 Å². The molecule has 3 heteroatoms. The summed E-state index contributed by atoms with van der Waals surface area (Å²) in [6, 6.07) is 4.59. The lowest BCUT2D eigenvalue weighted by atomic mass is 9.88. The molecular formula is C12H12FNO. The molecule has 1 aliphatic heterocycles. The number of Topliss-reactive ketones (excluding diaryl/α,β-unsaturated/α-hetero) is 1. The Labute approximate surface area is 87.5 Å². The summed E-state index contributed by atoms with van der Waals surface area (Å²) in [5.41, 5.74) is 1.32. The molecule has 0 radical (unpaired) electrons. The van der Waals surface area contributed by atoms with E-state index in [1.54, 1.807) is 6.07 Å². The summed E-state index contributed by atoms with van der Waals surface area (Å²) in [7, 11) is 0. The summed E-state index contributed by atoms with van der Waals surface area (Å²) >= 11 is 0. The number of fused-ring (bicyclic) bond motifs is 2. The third kappa shape index (κ3) is 1.26. The molecule has 0 spiro atoms. The number of halogens is 1. The van der Waals surface area contributed by atoms with Crippen molar-refractivity contribution in [2.75, 3.05) is 5.32 Å². The van der Waals surface area contributed by atoms with Crippen LogP contribution >= 0.6 is 0 Å². The van der Waals surface area contributed by atoms with Gasteiger partial charge in [-0.1, -0.05) is 6.42 Å². The summed E-state index contributed by atoms with van der Waals surface area (Å²) in [4.78, 5) is 12.0. The standard InChI is InChI=1S/C12H12FNO/c13-7-4-5-9-11(6-7)14-10-3-1-2-8(10)12(9)15/h4-6,8,10,14H,1-3H2. The highest BCUT2D eigenvalue weighted by Crippen LogP contribution is 2.37. The Bertz CT molecular complexity index is 430. The quantitative estimate of drug-likeness (QED) is 0.705. The van der Waals surface area contributed by atoms with Crippen molar-refractivity contribution < 1.29 is 9.18 Å². The Morgan fingerprint density at radius 1 is 1.33 bits per heavy atom. The first-order valence-corrected chi connectivity index (χ1v) is 5.36. The van der Waals surface area contributed by atoms with Crippen LogP contribution in [0, 0.1) is 11.7 Å². The van der Waals surface area contributed by atoms with E-state index in [0.717, 1.165) is 19.3 Å². The second kappa shape index (κ2) is 3.05. The van der Waals surface area contributed by atoms with Gasteiger partial charge >= 0.3 is 0 Å². The van der Waals surface area contributed by atoms with Crippen molar-refractivity contribution in [3.63, 3.8) is 0 Å². The fourth-order valence-corrected chi connectivity index (χ4v) is 2.70. The first-order valence-electron chi connectivity index (χ1n) is 5.36. The first-order chi connectivity index (χ1) is 7.25. The highest BCUT2D eigenvalue weighted by atomic mass is 19.1. The molecule has 2 atom stereocenters. The van der Waals surface area contributed by atoms with E-state index in [4.69, 9.17) is 0 Å². The van der Waals surface area contributed by atoms with E-state index in [0.29, 0.717) is 11.3 Å². The molecule has 2 nitrogen and oxygen atoms in total. The summed E-state index contributed by atoms with van der Waals surface area (Å²) in [5, 5.41) is 3.27. The average molecular weight is 205 g/mol. The van der Waals surface area contributed by atoms with Crippen LogP contribution < -0.4 is 5.32 Å². The summed E-state index contributed by atoms with van der Waals surface area (Å²) in [6.07, 6.45) is 3.07. The molecule has 0 amide bonds. The number of benzene rings is 1. The largest absolute Gasteiger partial charge is 0.381 e. The third-order valence-corrected chi connectivity index (χ3v) is 3.44. The van der Waals surface area contributed by atoms with Crippen molar-refractivity contribution in [3.05, 3.63) is 29.6 Å². The molecule has 78 valence electrons. The van der Waals surface area contributed by atoms with Crippen LogP contribution in [0.1, 0.15) is 29.6 Å². The normalized spacial score (nSPS) is 28.2. The first kappa shape index (κ1) is 8.89. The van der Waals surface area contributed by atoms with Gasteiger partial charge < -0.3 is 5.32 Å². The van der Waals surface area contributed by atoms with Crippen molar-refractivity contribution in [2.45, 2.75) is 25.3 Å². The Balaban J connectivity index is 2.08. The van der Waals surface area contributed by atoms with E-state index >= 15 is 0 Å². The minimum absolute atomic E-state index is 0.114. The van der Waals surface area contributed by atoms with Gasteiger partial charge in [-0.15, -0.1) is 0 Å². The Kier molecular flexibility index (Phi) is 1.81.